The molecule has 7 heteroatoms. The second kappa shape index (κ2) is 8.84. The van der Waals surface area contributed by atoms with E-state index in [9.17, 15) is 5.11 Å². The maximum atomic E-state index is 10.0. The Balaban J connectivity index is 0.00000242. The van der Waals surface area contributed by atoms with Crippen LogP contribution in [0.4, 0.5) is 0 Å². The average Bonchev–Trinajstić information content (AvgIpc) is 3.08. The minimum absolute atomic E-state index is 0. The maximum Gasteiger partial charge on any atom is 0.191 e. The van der Waals surface area contributed by atoms with E-state index in [1.807, 2.05) is 42.9 Å². The molecule has 0 fully saturated rings. The Morgan fingerprint density at radius 2 is 2.14 bits per heavy atom. The van der Waals surface area contributed by atoms with E-state index in [1.54, 1.807) is 13.1 Å². The highest BCUT2D eigenvalue weighted by atomic mass is 127. The largest absolute Gasteiger partial charge is 0.464 e. The number of halogens is 1. The van der Waals surface area contributed by atoms with E-state index in [4.69, 9.17) is 4.42 Å². The standard InChI is InChI=1S/C15H22N4O2.HI/c1-11-6-7-14(21-11)13(20)10-18-15(16-2)17-9-12-5-4-8-19(12)3;/h4-8,13,20H,9-10H2,1-3H3,(H2,16,17,18);1H. The summed E-state index contributed by atoms with van der Waals surface area (Å²) in [7, 11) is 3.69. The Hall–Kier alpha value is -1.48. The van der Waals surface area contributed by atoms with Crippen molar-refractivity contribution in [2.75, 3.05) is 13.6 Å². The second-order valence-electron chi connectivity index (χ2n) is 4.88. The van der Waals surface area contributed by atoms with Crippen LogP contribution in [0.15, 0.2) is 39.9 Å². The maximum absolute atomic E-state index is 10.0. The third-order valence-electron chi connectivity index (χ3n) is 3.26. The second-order valence-corrected chi connectivity index (χ2v) is 4.88. The van der Waals surface area contributed by atoms with Crippen LogP contribution in [0.1, 0.15) is 23.3 Å². The first-order chi connectivity index (χ1) is 10.1. The molecule has 1 atom stereocenters. The van der Waals surface area contributed by atoms with Crippen molar-refractivity contribution < 1.29 is 9.52 Å². The molecule has 2 heterocycles. The van der Waals surface area contributed by atoms with Gasteiger partial charge in [-0.1, -0.05) is 0 Å². The number of nitrogens with zero attached hydrogens (tertiary/aromatic N) is 2. The number of aryl methyl sites for hydroxylation is 2. The van der Waals surface area contributed by atoms with Crippen LogP contribution in [0.2, 0.25) is 0 Å². The summed E-state index contributed by atoms with van der Waals surface area (Å²) < 4.78 is 7.43. The number of guanidine groups is 1. The molecule has 0 aliphatic rings. The fourth-order valence-corrected chi connectivity index (χ4v) is 2.00. The molecular formula is C15H23IN4O2. The monoisotopic (exact) mass is 418 g/mol. The number of hydrogen-bond donors (Lipinski definition) is 3. The summed E-state index contributed by atoms with van der Waals surface area (Å²) in [5.74, 6) is 1.98. The Labute approximate surface area is 147 Å². The molecule has 0 spiro atoms. The van der Waals surface area contributed by atoms with Crippen molar-refractivity contribution in [2.24, 2.45) is 12.0 Å². The third-order valence-corrected chi connectivity index (χ3v) is 3.26. The van der Waals surface area contributed by atoms with Gasteiger partial charge in [0.15, 0.2) is 5.96 Å². The molecule has 122 valence electrons. The Bertz CT molecular complexity index is 606. The van der Waals surface area contributed by atoms with E-state index in [2.05, 4.69) is 15.6 Å². The van der Waals surface area contributed by atoms with Crippen LogP contribution in [0.25, 0.3) is 0 Å². The molecule has 2 rings (SSSR count). The molecule has 3 N–H and O–H groups in total. The highest BCUT2D eigenvalue weighted by Crippen LogP contribution is 2.14. The van der Waals surface area contributed by atoms with E-state index in [0.717, 1.165) is 11.5 Å². The van der Waals surface area contributed by atoms with Crippen molar-refractivity contribution in [3.05, 3.63) is 47.7 Å². The summed E-state index contributed by atoms with van der Waals surface area (Å²) in [6.45, 7) is 2.85. The number of furan rings is 1. The first-order valence-electron chi connectivity index (χ1n) is 6.89. The van der Waals surface area contributed by atoms with Crippen molar-refractivity contribution in [3.8, 4) is 0 Å². The van der Waals surface area contributed by atoms with Crippen molar-refractivity contribution in [3.63, 3.8) is 0 Å². The topological polar surface area (TPSA) is 74.7 Å². The molecular weight excluding hydrogens is 395 g/mol. The Morgan fingerprint density at radius 1 is 1.36 bits per heavy atom. The summed E-state index contributed by atoms with van der Waals surface area (Å²) in [5.41, 5.74) is 1.15. The van der Waals surface area contributed by atoms with Crippen molar-refractivity contribution in [2.45, 2.75) is 19.6 Å². The van der Waals surface area contributed by atoms with E-state index in [-0.39, 0.29) is 24.0 Å². The van der Waals surface area contributed by atoms with E-state index >= 15 is 0 Å². The van der Waals surface area contributed by atoms with Crippen LogP contribution in [0, 0.1) is 6.92 Å². The number of nitrogens with one attached hydrogen (secondary N) is 2. The van der Waals surface area contributed by atoms with Gasteiger partial charge in [0.1, 0.15) is 17.6 Å². The molecule has 2 aromatic rings. The van der Waals surface area contributed by atoms with Gasteiger partial charge < -0.3 is 24.7 Å². The van der Waals surface area contributed by atoms with Gasteiger partial charge in [-0.05, 0) is 31.2 Å². The lowest BCUT2D eigenvalue weighted by molar-refractivity contribution is 0.151. The summed E-state index contributed by atoms with van der Waals surface area (Å²) in [6.07, 6.45) is 1.29. The van der Waals surface area contributed by atoms with E-state index in [1.165, 1.54) is 0 Å². The van der Waals surface area contributed by atoms with Crippen LogP contribution in [-0.4, -0.2) is 29.2 Å². The quantitative estimate of drug-likeness (QED) is 0.394. The van der Waals surface area contributed by atoms with Gasteiger partial charge >= 0.3 is 0 Å². The molecule has 0 aliphatic carbocycles. The SMILES string of the molecule is CN=C(NCc1cccn1C)NCC(O)c1ccc(C)o1.I. The molecule has 2 aromatic heterocycles. The van der Waals surface area contributed by atoms with Gasteiger partial charge in [0.05, 0.1) is 13.1 Å². The molecule has 6 nitrogen and oxygen atoms in total. The van der Waals surface area contributed by atoms with Crippen LogP contribution in [-0.2, 0) is 13.6 Å². The van der Waals surface area contributed by atoms with Gasteiger partial charge in [0.2, 0.25) is 0 Å². The predicted octanol–water partition coefficient (Wildman–Crippen LogP) is 1.94. The lowest BCUT2D eigenvalue weighted by Crippen LogP contribution is -2.39. The Morgan fingerprint density at radius 3 is 2.68 bits per heavy atom. The van der Waals surface area contributed by atoms with Crippen molar-refractivity contribution >= 4 is 29.9 Å². The molecule has 0 amide bonds. The summed E-state index contributed by atoms with van der Waals surface area (Å²) >= 11 is 0. The van der Waals surface area contributed by atoms with Gasteiger partial charge in [0, 0.05) is 26.0 Å². The molecule has 0 saturated heterocycles. The summed E-state index contributed by atoms with van der Waals surface area (Å²) in [6, 6.07) is 7.65. The molecule has 0 bridgehead atoms. The van der Waals surface area contributed by atoms with Gasteiger partial charge in [-0.3, -0.25) is 4.99 Å². The first-order valence-corrected chi connectivity index (χ1v) is 6.89. The molecule has 0 aromatic carbocycles. The lowest BCUT2D eigenvalue weighted by Gasteiger charge is -2.14. The lowest BCUT2D eigenvalue weighted by atomic mass is 10.3. The highest BCUT2D eigenvalue weighted by molar-refractivity contribution is 14.0. The van der Waals surface area contributed by atoms with Crippen LogP contribution < -0.4 is 10.6 Å². The van der Waals surface area contributed by atoms with Crippen molar-refractivity contribution in [1.29, 1.82) is 0 Å². The van der Waals surface area contributed by atoms with Crippen LogP contribution >= 0.6 is 24.0 Å². The predicted molar refractivity (Wildman–Crippen MR) is 97.4 cm³/mol. The van der Waals surface area contributed by atoms with E-state index < -0.39 is 6.10 Å². The van der Waals surface area contributed by atoms with Gasteiger partial charge in [-0.25, -0.2) is 0 Å². The molecule has 22 heavy (non-hydrogen) atoms. The Kier molecular flexibility index (Phi) is 7.46. The van der Waals surface area contributed by atoms with Gasteiger partial charge in [0.25, 0.3) is 0 Å². The number of aliphatic hydroxyl groups excluding tert-OH is 1. The number of aromatic nitrogens is 1. The first kappa shape index (κ1) is 18.6. The fraction of sp³-hybridized carbons (Fsp3) is 0.400. The van der Waals surface area contributed by atoms with Crippen LogP contribution in [0.5, 0.6) is 0 Å². The molecule has 0 radical (unpaired) electrons. The number of hydrogen-bond acceptors (Lipinski definition) is 3. The summed E-state index contributed by atoms with van der Waals surface area (Å²) in [5, 5.41) is 16.3. The number of rotatable bonds is 5. The third kappa shape index (κ3) is 5.06. The average molecular weight is 418 g/mol. The number of aliphatic imine (C=N–C) groups is 1. The summed E-state index contributed by atoms with van der Waals surface area (Å²) in [4.78, 5) is 4.13. The zero-order valence-corrected chi connectivity index (χ0v) is 15.4. The van der Waals surface area contributed by atoms with E-state index in [0.29, 0.717) is 24.8 Å². The minimum atomic E-state index is -0.702. The normalized spacial score (nSPS) is 12.6. The number of aliphatic hydroxyl groups is 1. The fourth-order valence-electron chi connectivity index (χ4n) is 2.00. The van der Waals surface area contributed by atoms with Gasteiger partial charge in [-0.15, -0.1) is 24.0 Å². The van der Waals surface area contributed by atoms with Crippen LogP contribution in [0.3, 0.4) is 0 Å². The van der Waals surface area contributed by atoms with Gasteiger partial charge in [-0.2, -0.15) is 0 Å². The molecule has 0 saturated carbocycles. The smallest absolute Gasteiger partial charge is 0.191 e. The zero-order chi connectivity index (χ0) is 15.2. The molecule has 1 unspecified atom stereocenters. The zero-order valence-electron chi connectivity index (χ0n) is 13.0. The minimum Gasteiger partial charge on any atom is -0.464 e. The molecule has 0 aliphatic heterocycles. The highest BCUT2D eigenvalue weighted by Gasteiger charge is 2.12. The van der Waals surface area contributed by atoms with Crippen molar-refractivity contribution in [1.82, 2.24) is 15.2 Å².